The first kappa shape index (κ1) is 22.7. The van der Waals surface area contributed by atoms with Gasteiger partial charge in [0.1, 0.15) is 6.04 Å². The monoisotopic (exact) mass is 443 g/mol. The molecule has 2 atom stereocenters. The van der Waals surface area contributed by atoms with Crippen molar-refractivity contribution in [3.8, 4) is 0 Å². The molecule has 1 unspecified atom stereocenters. The van der Waals surface area contributed by atoms with Crippen LogP contribution in [0.5, 0.6) is 0 Å². The molecule has 10 heteroatoms. The zero-order chi connectivity index (χ0) is 20.4. The summed E-state index contributed by atoms with van der Waals surface area (Å²) >= 11 is 0. The van der Waals surface area contributed by atoms with Gasteiger partial charge in [0.2, 0.25) is 11.8 Å². The van der Waals surface area contributed by atoms with Gasteiger partial charge in [-0.1, -0.05) is 0 Å². The van der Waals surface area contributed by atoms with Gasteiger partial charge in [-0.2, -0.15) is 0 Å². The number of amides is 2. The van der Waals surface area contributed by atoms with Crippen molar-refractivity contribution in [2.24, 2.45) is 0 Å². The summed E-state index contributed by atoms with van der Waals surface area (Å²) in [5.41, 5.74) is 1.85. The highest BCUT2D eigenvalue weighted by Crippen LogP contribution is 2.29. The van der Waals surface area contributed by atoms with Crippen LogP contribution in [-0.4, -0.2) is 74.0 Å². The summed E-state index contributed by atoms with van der Waals surface area (Å²) in [7, 11) is 0. The van der Waals surface area contributed by atoms with E-state index >= 15 is 0 Å². The molecule has 0 radical (unpaired) electrons. The molecule has 3 saturated heterocycles. The fourth-order valence-corrected chi connectivity index (χ4v) is 4.37. The lowest BCUT2D eigenvalue weighted by Crippen LogP contribution is -2.61. The van der Waals surface area contributed by atoms with E-state index in [1.54, 1.807) is 0 Å². The summed E-state index contributed by atoms with van der Waals surface area (Å²) in [4.78, 5) is 27.2. The number of rotatable bonds is 4. The van der Waals surface area contributed by atoms with Crippen molar-refractivity contribution in [3.63, 3.8) is 0 Å². The third-order valence-corrected chi connectivity index (χ3v) is 6.01. The number of hydrogen-bond acceptors (Lipinski definition) is 6. The Kier molecular flexibility index (Phi) is 7.15. The van der Waals surface area contributed by atoms with E-state index in [1.165, 1.54) is 0 Å². The number of imide groups is 1. The molecule has 0 spiro atoms. The van der Waals surface area contributed by atoms with E-state index in [0.717, 1.165) is 11.4 Å². The van der Waals surface area contributed by atoms with Crippen molar-refractivity contribution >= 4 is 35.6 Å². The van der Waals surface area contributed by atoms with Gasteiger partial charge in [-0.25, -0.2) is 8.78 Å². The van der Waals surface area contributed by atoms with Crippen molar-refractivity contribution in [2.75, 3.05) is 49.5 Å². The van der Waals surface area contributed by atoms with Crippen LogP contribution in [0.25, 0.3) is 0 Å². The minimum absolute atomic E-state index is 0. The van der Waals surface area contributed by atoms with Gasteiger partial charge >= 0.3 is 0 Å². The molecule has 1 aromatic carbocycles. The Hall–Kier alpha value is -1.97. The molecule has 3 fully saturated rings. The maximum atomic E-state index is 14.2. The lowest BCUT2D eigenvalue weighted by Gasteiger charge is -2.44. The Morgan fingerprint density at radius 3 is 2.37 bits per heavy atom. The molecule has 0 bridgehead atoms. The summed E-state index contributed by atoms with van der Waals surface area (Å²) < 4.78 is 28.4. The second-order valence-corrected chi connectivity index (χ2v) is 7.96. The predicted molar refractivity (Wildman–Crippen MR) is 113 cm³/mol. The molecule has 0 aliphatic carbocycles. The zero-order valence-corrected chi connectivity index (χ0v) is 17.5. The Balaban J connectivity index is 0.00000256. The SMILES string of the molecule is Cl.O=C1CCC(Nc2ccc(N3CCN([C@@H]4CCNCC4(F)F)CC3)cc2)C(=O)N1. The van der Waals surface area contributed by atoms with Gasteiger partial charge < -0.3 is 15.5 Å². The maximum absolute atomic E-state index is 14.2. The van der Waals surface area contributed by atoms with E-state index in [4.69, 9.17) is 0 Å². The summed E-state index contributed by atoms with van der Waals surface area (Å²) in [6.45, 7) is 3.06. The Labute approximate surface area is 180 Å². The van der Waals surface area contributed by atoms with E-state index in [9.17, 15) is 18.4 Å². The number of carbonyl (C=O) groups excluding carboxylic acids is 2. The van der Waals surface area contributed by atoms with Crippen LogP contribution >= 0.6 is 12.4 Å². The van der Waals surface area contributed by atoms with Crippen LogP contribution in [0.1, 0.15) is 19.3 Å². The van der Waals surface area contributed by atoms with Crippen LogP contribution < -0.4 is 20.9 Å². The van der Waals surface area contributed by atoms with Crippen LogP contribution in [0.15, 0.2) is 24.3 Å². The standard InChI is InChI=1S/C20H27F2N5O2.ClH/c21-20(22)13-23-8-7-17(20)27-11-9-26(10-12-27)15-3-1-14(2-4-15)24-16-5-6-18(28)25-19(16)29;/h1-4,16-17,23-24H,5-13H2,(H,25,28,29);1H/t16?,17-;/m1./s1. The van der Waals surface area contributed by atoms with Crippen LogP contribution in [0.4, 0.5) is 20.2 Å². The number of nitrogens with zero attached hydrogens (tertiary/aromatic N) is 2. The molecule has 3 N–H and O–H groups in total. The first-order valence-electron chi connectivity index (χ1n) is 10.2. The molecule has 0 aromatic heterocycles. The van der Waals surface area contributed by atoms with Crippen LogP contribution in [0.2, 0.25) is 0 Å². The smallest absolute Gasteiger partial charge is 0.275 e. The summed E-state index contributed by atoms with van der Waals surface area (Å²) in [5, 5.41) is 8.28. The van der Waals surface area contributed by atoms with Crippen molar-refractivity contribution in [3.05, 3.63) is 24.3 Å². The largest absolute Gasteiger partial charge is 0.374 e. The number of piperazine rings is 1. The van der Waals surface area contributed by atoms with Gasteiger partial charge in [-0.15, -0.1) is 12.4 Å². The van der Waals surface area contributed by atoms with Crippen molar-refractivity contribution in [2.45, 2.75) is 37.3 Å². The number of nitrogens with one attached hydrogen (secondary N) is 3. The minimum atomic E-state index is -2.68. The van der Waals surface area contributed by atoms with E-state index in [1.807, 2.05) is 29.2 Å². The molecule has 7 nitrogen and oxygen atoms in total. The average molecular weight is 444 g/mol. The third kappa shape index (κ3) is 5.01. The molecule has 2 amide bonds. The van der Waals surface area contributed by atoms with Crippen LogP contribution in [-0.2, 0) is 9.59 Å². The number of hydrogen-bond donors (Lipinski definition) is 3. The van der Waals surface area contributed by atoms with Gasteiger partial charge in [-0.05, 0) is 43.7 Å². The second kappa shape index (κ2) is 9.45. The average Bonchev–Trinajstić information content (AvgIpc) is 2.71. The van der Waals surface area contributed by atoms with Gasteiger partial charge in [-0.3, -0.25) is 19.8 Å². The zero-order valence-electron chi connectivity index (χ0n) is 16.7. The number of halogens is 3. The molecule has 0 saturated carbocycles. The molecule has 3 aliphatic rings. The molecule has 3 aliphatic heterocycles. The van der Waals surface area contributed by atoms with E-state index in [0.29, 0.717) is 52.0 Å². The maximum Gasteiger partial charge on any atom is 0.275 e. The topological polar surface area (TPSA) is 76.7 Å². The van der Waals surface area contributed by atoms with Crippen LogP contribution in [0, 0.1) is 0 Å². The summed E-state index contributed by atoms with van der Waals surface area (Å²) in [6, 6.07) is 6.69. The highest BCUT2D eigenvalue weighted by molar-refractivity contribution is 6.01. The molecular weight excluding hydrogens is 416 g/mol. The molecule has 30 heavy (non-hydrogen) atoms. The van der Waals surface area contributed by atoms with E-state index in [-0.39, 0.29) is 30.8 Å². The quantitative estimate of drug-likeness (QED) is 0.611. The molecular formula is C20H28ClF2N5O2. The lowest BCUT2D eigenvalue weighted by molar-refractivity contribution is -0.133. The minimum Gasteiger partial charge on any atom is -0.374 e. The molecule has 166 valence electrons. The van der Waals surface area contributed by atoms with Crippen molar-refractivity contribution in [1.29, 1.82) is 0 Å². The van der Waals surface area contributed by atoms with Gasteiger partial charge in [0.25, 0.3) is 5.92 Å². The van der Waals surface area contributed by atoms with Gasteiger partial charge in [0.15, 0.2) is 0 Å². The highest BCUT2D eigenvalue weighted by Gasteiger charge is 2.45. The normalized spacial score (nSPS) is 27.2. The number of anilines is 2. The van der Waals surface area contributed by atoms with Gasteiger partial charge in [0.05, 0.1) is 12.6 Å². The lowest BCUT2D eigenvalue weighted by atomic mass is 9.99. The second-order valence-electron chi connectivity index (χ2n) is 7.96. The predicted octanol–water partition coefficient (Wildman–Crippen LogP) is 1.44. The Morgan fingerprint density at radius 1 is 1.03 bits per heavy atom. The molecule has 1 aromatic rings. The molecule has 3 heterocycles. The Bertz CT molecular complexity index is 756. The van der Waals surface area contributed by atoms with Gasteiger partial charge in [0, 0.05) is 44.0 Å². The van der Waals surface area contributed by atoms with Crippen molar-refractivity contribution < 1.29 is 18.4 Å². The first-order valence-corrected chi connectivity index (χ1v) is 10.2. The fraction of sp³-hybridized carbons (Fsp3) is 0.600. The first-order chi connectivity index (χ1) is 13.9. The summed E-state index contributed by atoms with van der Waals surface area (Å²) in [6.07, 6.45) is 1.30. The number of piperidine rings is 2. The molecule has 4 rings (SSSR count). The third-order valence-electron chi connectivity index (χ3n) is 6.01. The van der Waals surface area contributed by atoms with Crippen molar-refractivity contribution in [1.82, 2.24) is 15.5 Å². The Morgan fingerprint density at radius 2 is 1.73 bits per heavy atom. The summed E-state index contributed by atoms with van der Waals surface area (Å²) in [5.74, 6) is -3.20. The van der Waals surface area contributed by atoms with Crippen LogP contribution in [0.3, 0.4) is 0 Å². The number of benzene rings is 1. The van der Waals surface area contributed by atoms with E-state index < -0.39 is 18.0 Å². The number of carbonyl (C=O) groups is 2. The van der Waals surface area contributed by atoms with E-state index in [2.05, 4.69) is 20.9 Å². The fourth-order valence-electron chi connectivity index (χ4n) is 4.37. The highest BCUT2D eigenvalue weighted by atomic mass is 35.5. The number of alkyl halides is 2.